The van der Waals surface area contributed by atoms with Gasteiger partial charge in [0, 0.05) is 6.04 Å². The molecule has 18 heavy (non-hydrogen) atoms. The first kappa shape index (κ1) is 12.0. The van der Waals surface area contributed by atoms with Crippen LogP contribution in [0.5, 0.6) is 5.75 Å². The van der Waals surface area contributed by atoms with Crippen molar-refractivity contribution in [1.29, 1.82) is 0 Å². The van der Waals surface area contributed by atoms with Gasteiger partial charge in [-0.15, -0.1) is 0 Å². The molecule has 1 N–H and O–H groups in total. The minimum absolute atomic E-state index is 0.732. The van der Waals surface area contributed by atoms with Crippen LogP contribution in [0.1, 0.15) is 37.3 Å². The number of methoxy groups -OCH3 is 1. The van der Waals surface area contributed by atoms with Crippen molar-refractivity contribution in [2.75, 3.05) is 13.7 Å². The van der Waals surface area contributed by atoms with Crippen LogP contribution >= 0.6 is 0 Å². The number of rotatable bonds is 3. The van der Waals surface area contributed by atoms with Gasteiger partial charge in [-0.3, -0.25) is 0 Å². The third kappa shape index (κ3) is 1.66. The quantitative estimate of drug-likeness (QED) is 0.884. The largest absolute Gasteiger partial charge is 0.497 e. The fraction of sp³-hybridized carbons (Fsp3) is 0.625. The molecular formula is C16H23NO. The Bertz CT molecular complexity index is 443. The van der Waals surface area contributed by atoms with Crippen LogP contribution < -0.4 is 10.1 Å². The van der Waals surface area contributed by atoms with Gasteiger partial charge < -0.3 is 10.1 Å². The molecule has 3 rings (SSSR count). The molecule has 1 aromatic rings. The van der Waals surface area contributed by atoms with Crippen molar-refractivity contribution in [2.45, 2.75) is 38.6 Å². The molecule has 1 saturated carbocycles. The van der Waals surface area contributed by atoms with Gasteiger partial charge in [0.15, 0.2) is 0 Å². The molecule has 2 aliphatic rings. The van der Waals surface area contributed by atoms with Gasteiger partial charge in [-0.05, 0) is 60.4 Å². The topological polar surface area (TPSA) is 21.3 Å². The predicted molar refractivity (Wildman–Crippen MR) is 74.2 cm³/mol. The summed E-state index contributed by atoms with van der Waals surface area (Å²) in [7, 11) is 1.75. The summed E-state index contributed by atoms with van der Waals surface area (Å²) < 4.78 is 5.33. The fourth-order valence-electron chi connectivity index (χ4n) is 4.10. The average Bonchev–Trinajstić information content (AvgIpc) is 2.42. The van der Waals surface area contributed by atoms with Gasteiger partial charge in [0.2, 0.25) is 0 Å². The molecular weight excluding hydrogens is 222 g/mol. The van der Waals surface area contributed by atoms with Gasteiger partial charge in [-0.25, -0.2) is 0 Å². The van der Waals surface area contributed by atoms with E-state index in [2.05, 4.69) is 37.4 Å². The van der Waals surface area contributed by atoms with Crippen molar-refractivity contribution in [3.05, 3.63) is 29.3 Å². The van der Waals surface area contributed by atoms with Gasteiger partial charge in [0.25, 0.3) is 0 Å². The van der Waals surface area contributed by atoms with Gasteiger partial charge in [-0.2, -0.15) is 0 Å². The molecule has 98 valence electrons. The van der Waals surface area contributed by atoms with Crippen molar-refractivity contribution < 1.29 is 4.74 Å². The van der Waals surface area contributed by atoms with E-state index in [1.165, 1.54) is 18.4 Å². The maximum atomic E-state index is 5.33. The van der Waals surface area contributed by atoms with Gasteiger partial charge in [-0.1, -0.05) is 19.9 Å². The summed E-state index contributed by atoms with van der Waals surface area (Å²) in [6.45, 7) is 5.70. The zero-order valence-corrected chi connectivity index (χ0v) is 11.6. The molecule has 0 radical (unpaired) electrons. The summed E-state index contributed by atoms with van der Waals surface area (Å²) in [5.74, 6) is 3.38. The highest BCUT2D eigenvalue weighted by Crippen LogP contribution is 2.53. The molecule has 1 fully saturated rings. The van der Waals surface area contributed by atoms with E-state index in [0.717, 1.165) is 36.1 Å². The Hall–Kier alpha value is -1.02. The molecule has 0 amide bonds. The van der Waals surface area contributed by atoms with E-state index >= 15 is 0 Å². The molecule has 4 unspecified atom stereocenters. The third-order valence-corrected chi connectivity index (χ3v) is 4.95. The Kier molecular flexibility index (Phi) is 3.06. The second kappa shape index (κ2) is 4.58. The van der Waals surface area contributed by atoms with Crippen molar-refractivity contribution in [3.63, 3.8) is 0 Å². The zero-order valence-electron chi connectivity index (χ0n) is 11.6. The van der Waals surface area contributed by atoms with E-state index in [0.29, 0.717) is 0 Å². The van der Waals surface area contributed by atoms with Crippen LogP contribution in [0.15, 0.2) is 18.2 Å². The summed E-state index contributed by atoms with van der Waals surface area (Å²) in [5.41, 5.74) is 3.09. The maximum absolute atomic E-state index is 5.33. The lowest BCUT2D eigenvalue weighted by Gasteiger charge is -2.54. The molecule has 2 aliphatic carbocycles. The molecule has 0 spiro atoms. The van der Waals surface area contributed by atoms with Crippen LogP contribution in [-0.2, 0) is 6.42 Å². The first-order valence-corrected chi connectivity index (χ1v) is 7.16. The molecule has 0 heterocycles. The van der Waals surface area contributed by atoms with Gasteiger partial charge >= 0.3 is 0 Å². The number of hydrogen-bond donors (Lipinski definition) is 1. The Morgan fingerprint density at radius 3 is 2.94 bits per heavy atom. The van der Waals surface area contributed by atoms with Crippen LogP contribution in [0.3, 0.4) is 0 Å². The van der Waals surface area contributed by atoms with Gasteiger partial charge in [0.05, 0.1) is 7.11 Å². The zero-order chi connectivity index (χ0) is 12.7. The third-order valence-electron chi connectivity index (χ3n) is 4.95. The van der Waals surface area contributed by atoms with Crippen LogP contribution in [0.25, 0.3) is 0 Å². The Morgan fingerprint density at radius 1 is 1.39 bits per heavy atom. The summed E-state index contributed by atoms with van der Waals surface area (Å²) in [6.07, 6.45) is 2.54. The molecule has 0 aliphatic heterocycles. The molecule has 4 atom stereocenters. The van der Waals surface area contributed by atoms with E-state index < -0.39 is 0 Å². The smallest absolute Gasteiger partial charge is 0.119 e. The standard InChI is InChI=1S/C16H23NO/c1-4-17-16-10(2)15-13-8-6-12(18-3)9-11(13)5-7-14(15)16/h6,8-10,14-17H,4-5,7H2,1-3H3. The fourth-order valence-corrected chi connectivity index (χ4v) is 4.10. The van der Waals surface area contributed by atoms with Crippen molar-refractivity contribution in [2.24, 2.45) is 11.8 Å². The van der Waals surface area contributed by atoms with Crippen molar-refractivity contribution in [3.8, 4) is 5.75 Å². The van der Waals surface area contributed by atoms with E-state index in [9.17, 15) is 0 Å². The highest BCUT2D eigenvalue weighted by atomic mass is 16.5. The maximum Gasteiger partial charge on any atom is 0.119 e. The number of benzene rings is 1. The van der Waals surface area contributed by atoms with Crippen LogP contribution in [0, 0.1) is 11.8 Å². The normalized spacial score (nSPS) is 33.3. The molecule has 0 saturated heterocycles. The summed E-state index contributed by atoms with van der Waals surface area (Å²) >= 11 is 0. The van der Waals surface area contributed by atoms with Crippen LogP contribution in [0.2, 0.25) is 0 Å². The number of fused-ring (bicyclic) bond motifs is 3. The minimum Gasteiger partial charge on any atom is -0.497 e. The summed E-state index contributed by atoms with van der Waals surface area (Å²) in [6, 6.07) is 7.38. The van der Waals surface area contributed by atoms with E-state index in [1.54, 1.807) is 12.7 Å². The summed E-state index contributed by atoms with van der Waals surface area (Å²) in [4.78, 5) is 0. The van der Waals surface area contributed by atoms with E-state index in [1.807, 2.05) is 0 Å². The summed E-state index contributed by atoms with van der Waals surface area (Å²) in [5, 5.41) is 3.66. The minimum atomic E-state index is 0.732. The monoisotopic (exact) mass is 245 g/mol. The van der Waals surface area contributed by atoms with Crippen LogP contribution in [0.4, 0.5) is 0 Å². The lowest BCUT2D eigenvalue weighted by molar-refractivity contribution is 0.0674. The first-order chi connectivity index (χ1) is 8.76. The highest BCUT2D eigenvalue weighted by Gasteiger charge is 2.49. The van der Waals surface area contributed by atoms with Crippen molar-refractivity contribution >= 4 is 0 Å². The molecule has 0 aromatic heterocycles. The lowest BCUT2D eigenvalue weighted by atomic mass is 9.54. The average molecular weight is 245 g/mol. The highest BCUT2D eigenvalue weighted by molar-refractivity contribution is 5.42. The Morgan fingerprint density at radius 2 is 2.22 bits per heavy atom. The second-order valence-electron chi connectivity index (χ2n) is 5.74. The Balaban J connectivity index is 1.87. The Labute approximate surface area is 110 Å². The molecule has 1 aromatic carbocycles. The van der Waals surface area contributed by atoms with Gasteiger partial charge in [0.1, 0.15) is 5.75 Å². The van der Waals surface area contributed by atoms with Crippen LogP contribution in [-0.4, -0.2) is 19.7 Å². The molecule has 2 nitrogen and oxygen atoms in total. The number of hydrogen-bond acceptors (Lipinski definition) is 2. The van der Waals surface area contributed by atoms with E-state index in [4.69, 9.17) is 4.74 Å². The first-order valence-electron chi connectivity index (χ1n) is 7.16. The number of ether oxygens (including phenoxy) is 1. The lowest BCUT2D eigenvalue weighted by Crippen LogP contribution is -2.57. The second-order valence-corrected chi connectivity index (χ2v) is 5.74. The predicted octanol–water partition coefficient (Wildman–Crippen LogP) is 2.97. The van der Waals surface area contributed by atoms with Crippen molar-refractivity contribution in [1.82, 2.24) is 5.32 Å². The number of aryl methyl sites for hydroxylation is 1. The SMILES string of the molecule is CCNC1C(C)C2c3ccc(OC)cc3CCC12. The number of nitrogens with one attached hydrogen (secondary N) is 1. The molecule has 2 heteroatoms. The van der Waals surface area contributed by atoms with E-state index in [-0.39, 0.29) is 0 Å². The molecule has 0 bridgehead atoms.